The third-order valence-corrected chi connectivity index (χ3v) is 16.6. The van der Waals surface area contributed by atoms with Gasteiger partial charge in [-0.3, -0.25) is 19.8 Å². The molecule has 0 aromatic heterocycles. The van der Waals surface area contributed by atoms with E-state index in [1.807, 2.05) is 54.6 Å². The first kappa shape index (κ1) is 49.0. The number of hydrogen-bond acceptors (Lipinski definition) is 12. The van der Waals surface area contributed by atoms with Crippen molar-refractivity contribution < 1.29 is 18.1 Å². The van der Waals surface area contributed by atoms with E-state index >= 15 is 0 Å². The third-order valence-electron chi connectivity index (χ3n) is 13.8. The molecular formula is C51H65ClN8O5S2. The van der Waals surface area contributed by atoms with Gasteiger partial charge in [0.05, 0.1) is 9.82 Å². The van der Waals surface area contributed by atoms with E-state index in [9.17, 15) is 23.3 Å². The van der Waals surface area contributed by atoms with E-state index in [0.717, 1.165) is 132 Å². The Bertz CT molecular complexity index is 2440. The first-order valence-electron chi connectivity index (χ1n) is 23.9. The van der Waals surface area contributed by atoms with Crippen molar-refractivity contribution in [2.24, 2.45) is 5.41 Å². The second kappa shape index (κ2) is 22.8. The van der Waals surface area contributed by atoms with Crippen LogP contribution in [0.4, 0.5) is 17.1 Å². The number of nitro groups is 1. The minimum atomic E-state index is -4.44. The van der Waals surface area contributed by atoms with Crippen molar-refractivity contribution in [2.75, 3.05) is 101 Å². The van der Waals surface area contributed by atoms with E-state index in [4.69, 9.17) is 11.6 Å². The molecule has 1 aliphatic carbocycles. The number of benzene rings is 4. The molecule has 3 fully saturated rings. The molecule has 16 heteroatoms. The van der Waals surface area contributed by atoms with Gasteiger partial charge in [-0.05, 0) is 129 Å². The summed E-state index contributed by atoms with van der Waals surface area (Å²) < 4.78 is 29.3. The summed E-state index contributed by atoms with van der Waals surface area (Å²) in [4.78, 5) is 35.9. The van der Waals surface area contributed by atoms with E-state index in [1.165, 1.54) is 48.1 Å². The summed E-state index contributed by atoms with van der Waals surface area (Å²) in [7, 11) is -4.44. The number of nitrogens with one attached hydrogen (secondary N) is 3. The van der Waals surface area contributed by atoms with Gasteiger partial charge < -0.3 is 25.3 Å². The first-order chi connectivity index (χ1) is 32.4. The normalized spacial score (nSPS) is 20.7. The Morgan fingerprint density at radius 3 is 2.28 bits per heavy atom. The van der Waals surface area contributed by atoms with Crippen LogP contribution in [0.5, 0.6) is 0 Å². The molecule has 8 rings (SSSR count). The van der Waals surface area contributed by atoms with Gasteiger partial charge in [0.15, 0.2) is 0 Å². The molecule has 2 atom stereocenters. The lowest BCUT2D eigenvalue weighted by molar-refractivity contribution is -0.384. The van der Waals surface area contributed by atoms with Gasteiger partial charge in [0.2, 0.25) is 0 Å². The van der Waals surface area contributed by atoms with E-state index in [2.05, 4.69) is 54.0 Å². The molecule has 4 aromatic carbocycles. The molecule has 1 unspecified atom stereocenters. The molecule has 3 N–H and O–H groups in total. The fourth-order valence-corrected chi connectivity index (χ4v) is 12.2. The van der Waals surface area contributed by atoms with Crippen LogP contribution in [0, 0.1) is 15.5 Å². The van der Waals surface area contributed by atoms with Gasteiger partial charge in [0, 0.05) is 111 Å². The molecule has 0 spiro atoms. The Morgan fingerprint density at radius 2 is 1.58 bits per heavy atom. The Labute approximate surface area is 405 Å². The van der Waals surface area contributed by atoms with Crippen molar-refractivity contribution in [3.63, 3.8) is 0 Å². The average molecular weight is 970 g/mol. The summed E-state index contributed by atoms with van der Waals surface area (Å²) in [5, 5.41) is 20.0. The van der Waals surface area contributed by atoms with Crippen molar-refractivity contribution >= 4 is 61.9 Å². The predicted molar refractivity (Wildman–Crippen MR) is 272 cm³/mol. The summed E-state index contributed by atoms with van der Waals surface area (Å²) in [5.41, 5.74) is 5.46. The molecule has 4 aliphatic rings. The fourth-order valence-electron chi connectivity index (χ4n) is 10.1. The standard InChI is InChI=1S/C51H65ClN8O5S2/c1-51(38-58-28-23-53-24-29-58)22-20-47(39-10-14-42(52)15-11-39)41(35-51)36-57-30-32-59(33-31-57)44-16-12-40(13-17-44)50(61)55-67(64,65)46-18-19-48(49(34-46)60(62)63)54-43(21-27-56-25-6-3-7-26-56)37-66-45-8-4-2-5-9-45/h2,4-5,8-19,34,43,53-54H,3,6-7,20-33,35-38H2,1H3,(H,55,61)/t43?,51-/m1/s1. The number of hydrogen-bond donors (Lipinski definition) is 3. The van der Waals surface area contributed by atoms with Crippen LogP contribution in [-0.2, 0) is 10.0 Å². The Morgan fingerprint density at radius 1 is 0.866 bits per heavy atom. The molecule has 3 aliphatic heterocycles. The number of piperazine rings is 2. The molecule has 3 saturated heterocycles. The van der Waals surface area contributed by atoms with Gasteiger partial charge in [-0.2, -0.15) is 0 Å². The van der Waals surface area contributed by atoms with E-state index in [0.29, 0.717) is 5.75 Å². The maximum absolute atomic E-state index is 13.6. The number of piperidine rings is 1. The van der Waals surface area contributed by atoms with E-state index in [1.54, 1.807) is 23.9 Å². The number of carbonyl (C=O) groups is 1. The highest BCUT2D eigenvalue weighted by molar-refractivity contribution is 7.99. The minimum absolute atomic E-state index is 0.114. The van der Waals surface area contributed by atoms with Crippen LogP contribution in [0.25, 0.3) is 5.57 Å². The molecule has 0 radical (unpaired) electrons. The van der Waals surface area contributed by atoms with Crippen molar-refractivity contribution in [3.8, 4) is 0 Å². The zero-order valence-electron chi connectivity index (χ0n) is 38.6. The number of nitro benzene ring substituents is 1. The Balaban J connectivity index is 0.878. The average Bonchev–Trinajstić information content (AvgIpc) is 3.34. The molecule has 13 nitrogen and oxygen atoms in total. The number of nitrogens with zero attached hydrogens (tertiary/aromatic N) is 5. The molecule has 0 saturated carbocycles. The number of thioether (sulfide) groups is 1. The molecule has 0 bridgehead atoms. The highest BCUT2D eigenvalue weighted by Crippen LogP contribution is 2.44. The maximum Gasteiger partial charge on any atom is 0.293 e. The lowest BCUT2D eigenvalue weighted by Gasteiger charge is -2.43. The van der Waals surface area contributed by atoms with Gasteiger partial charge >= 0.3 is 0 Å². The Hall–Kier alpha value is -4.48. The second-order valence-corrected chi connectivity index (χ2v) is 22.2. The molecular weight excluding hydrogens is 904 g/mol. The fraction of sp³-hybridized carbons (Fsp3) is 0.471. The summed E-state index contributed by atoms with van der Waals surface area (Å²) in [6.45, 7) is 15.2. The first-order valence-corrected chi connectivity index (χ1v) is 26.7. The maximum atomic E-state index is 13.6. The van der Waals surface area contributed by atoms with E-state index in [-0.39, 0.29) is 33.3 Å². The summed E-state index contributed by atoms with van der Waals surface area (Å²) in [5.74, 6) is -0.138. The van der Waals surface area contributed by atoms with Crippen LogP contribution < -0.4 is 20.3 Å². The SMILES string of the molecule is C[C@@]1(CN2CCNCC2)CCC(c2ccc(Cl)cc2)=C(CN2CCN(c3ccc(C(=O)NS(=O)(=O)c4ccc(NC(CCN5CCCCC5)CSc5ccccc5)c([N+](=O)[O-])c4)cc3)CC2)C1. The van der Waals surface area contributed by atoms with Gasteiger partial charge in [0.1, 0.15) is 5.69 Å². The molecule has 4 aromatic rings. The van der Waals surface area contributed by atoms with Crippen molar-refractivity contribution in [3.05, 3.63) is 129 Å². The number of sulfonamides is 1. The molecule has 1 amide bonds. The van der Waals surface area contributed by atoms with Crippen molar-refractivity contribution in [1.82, 2.24) is 24.7 Å². The number of carbonyl (C=O) groups excluding carboxylic acids is 1. The monoisotopic (exact) mass is 968 g/mol. The van der Waals surface area contributed by atoms with Gasteiger partial charge in [0.25, 0.3) is 21.6 Å². The van der Waals surface area contributed by atoms with Crippen LogP contribution in [0.3, 0.4) is 0 Å². The largest absolute Gasteiger partial charge is 0.376 e. The molecule has 3 heterocycles. The summed E-state index contributed by atoms with van der Waals surface area (Å²) in [6.07, 6.45) is 7.63. The summed E-state index contributed by atoms with van der Waals surface area (Å²) >= 11 is 7.97. The highest BCUT2D eigenvalue weighted by Gasteiger charge is 2.35. The molecule has 358 valence electrons. The van der Waals surface area contributed by atoms with Crippen LogP contribution in [0.1, 0.15) is 67.8 Å². The smallest absolute Gasteiger partial charge is 0.293 e. The zero-order valence-corrected chi connectivity index (χ0v) is 41.0. The van der Waals surface area contributed by atoms with Crippen LogP contribution in [0.2, 0.25) is 5.02 Å². The van der Waals surface area contributed by atoms with Crippen molar-refractivity contribution in [1.29, 1.82) is 0 Å². The second-order valence-electron chi connectivity index (χ2n) is 18.9. The van der Waals surface area contributed by atoms with Crippen LogP contribution >= 0.6 is 23.4 Å². The van der Waals surface area contributed by atoms with Crippen LogP contribution in [-0.4, -0.2) is 131 Å². The van der Waals surface area contributed by atoms with Gasteiger partial charge in [-0.1, -0.05) is 60.9 Å². The van der Waals surface area contributed by atoms with Crippen molar-refractivity contribution in [2.45, 2.75) is 67.7 Å². The highest BCUT2D eigenvalue weighted by atomic mass is 35.5. The number of allylic oxidation sites excluding steroid dienone is 1. The lowest BCUT2D eigenvalue weighted by Crippen LogP contribution is -2.49. The molecule has 67 heavy (non-hydrogen) atoms. The van der Waals surface area contributed by atoms with Gasteiger partial charge in [-0.25, -0.2) is 13.1 Å². The predicted octanol–water partition coefficient (Wildman–Crippen LogP) is 8.49. The lowest BCUT2D eigenvalue weighted by atomic mass is 9.71. The number of amides is 1. The number of halogens is 1. The zero-order chi connectivity index (χ0) is 46.8. The van der Waals surface area contributed by atoms with E-state index < -0.39 is 20.9 Å². The third kappa shape index (κ3) is 13.4. The summed E-state index contributed by atoms with van der Waals surface area (Å²) in [6, 6.07) is 29.0. The minimum Gasteiger partial charge on any atom is -0.376 e. The Kier molecular flexibility index (Phi) is 16.6. The quantitative estimate of drug-likeness (QED) is 0.0500. The topological polar surface area (TPSA) is 143 Å². The number of rotatable bonds is 18. The number of likely N-dealkylation sites (tertiary alicyclic amines) is 1. The van der Waals surface area contributed by atoms with Gasteiger partial charge in [-0.15, -0.1) is 11.8 Å². The van der Waals surface area contributed by atoms with Crippen LogP contribution in [0.15, 0.2) is 112 Å². The number of anilines is 2.